The lowest BCUT2D eigenvalue weighted by Gasteiger charge is -2.36. The molecule has 1 aliphatic carbocycles. The molecule has 0 radical (unpaired) electrons. The first-order chi connectivity index (χ1) is 8.70. The van der Waals surface area contributed by atoms with E-state index >= 15 is 0 Å². The van der Waals surface area contributed by atoms with Gasteiger partial charge in [0, 0.05) is 5.38 Å². The van der Waals surface area contributed by atoms with Crippen LogP contribution in [0, 0.1) is 17.8 Å². The maximum Gasteiger partial charge on any atom is 0.0927 e. The van der Waals surface area contributed by atoms with Crippen molar-refractivity contribution in [1.29, 1.82) is 0 Å². The second-order valence-electron chi connectivity index (χ2n) is 5.94. The summed E-state index contributed by atoms with van der Waals surface area (Å²) in [6.07, 6.45) is 5.20. The Morgan fingerprint density at radius 3 is 2.61 bits per heavy atom. The zero-order valence-corrected chi connectivity index (χ0v) is 12.5. The number of nitrogens with zero attached hydrogens (tertiary/aromatic N) is 2. The number of aromatic nitrogens is 2. The fraction of sp³-hybridized carbons (Fsp3) is 0.857. The molecule has 1 heterocycles. The Bertz CT molecular complexity index is 329. The third-order valence-corrected chi connectivity index (χ3v) is 4.52. The smallest absolute Gasteiger partial charge is 0.0927 e. The second kappa shape index (κ2) is 6.62. The molecule has 0 spiro atoms. The van der Waals surface area contributed by atoms with Gasteiger partial charge in [0.1, 0.15) is 0 Å². The van der Waals surface area contributed by atoms with Crippen molar-refractivity contribution in [3.63, 3.8) is 0 Å². The molecule has 1 aromatic heterocycles. The van der Waals surface area contributed by atoms with Crippen LogP contribution in [0.25, 0.3) is 0 Å². The maximum atomic E-state index is 4.30. The second-order valence-corrected chi connectivity index (χ2v) is 6.55. The van der Waals surface area contributed by atoms with E-state index in [2.05, 4.69) is 41.1 Å². The summed E-state index contributed by atoms with van der Waals surface area (Å²) in [4.78, 5) is 0. The highest BCUT2D eigenvalue weighted by Gasteiger charge is 2.31. The topological polar surface area (TPSA) is 37.8 Å². The quantitative estimate of drug-likeness (QED) is 0.885. The lowest BCUT2D eigenvalue weighted by molar-refractivity contribution is 0.174. The first kappa shape index (κ1) is 13.9. The van der Waals surface area contributed by atoms with E-state index in [-0.39, 0.29) is 0 Å². The van der Waals surface area contributed by atoms with Crippen molar-refractivity contribution in [3.05, 3.63) is 11.1 Å². The molecule has 1 aliphatic rings. The van der Waals surface area contributed by atoms with Crippen molar-refractivity contribution in [2.24, 2.45) is 17.8 Å². The highest BCUT2D eigenvalue weighted by Crippen LogP contribution is 2.39. The zero-order chi connectivity index (χ0) is 13.0. The molecule has 0 aromatic carbocycles. The van der Waals surface area contributed by atoms with E-state index in [1.165, 1.54) is 37.2 Å². The van der Waals surface area contributed by atoms with E-state index in [9.17, 15) is 0 Å². The van der Waals surface area contributed by atoms with Gasteiger partial charge in [0.25, 0.3) is 0 Å². The van der Waals surface area contributed by atoms with Crippen molar-refractivity contribution in [1.82, 2.24) is 14.9 Å². The van der Waals surface area contributed by atoms with Crippen LogP contribution in [0.5, 0.6) is 0 Å². The van der Waals surface area contributed by atoms with Crippen LogP contribution in [0.4, 0.5) is 0 Å². The number of hydrogen-bond acceptors (Lipinski definition) is 4. The summed E-state index contributed by atoms with van der Waals surface area (Å²) in [5, 5.41) is 10.1. The lowest BCUT2D eigenvalue weighted by Crippen LogP contribution is -2.34. The fourth-order valence-electron chi connectivity index (χ4n) is 3.40. The van der Waals surface area contributed by atoms with Crippen LogP contribution in [0.2, 0.25) is 0 Å². The van der Waals surface area contributed by atoms with E-state index in [4.69, 9.17) is 0 Å². The molecule has 0 amide bonds. The molecule has 3 atom stereocenters. The summed E-state index contributed by atoms with van der Waals surface area (Å²) in [5.41, 5.74) is 1.15. The van der Waals surface area contributed by atoms with Crippen molar-refractivity contribution < 1.29 is 0 Å². The summed E-state index contributed by atoms with van der Waals surface area (Å²) in [5.74, 6) is 2.41. The molecule has 1 aromatic rings. The van der Waals surface area contributed by atoms with Gasteiger partial charge in [-0.1, -0.05) is 25.3 Å². The number of nitrogens with one attached hydrogen (secondary N) is 1. The van der Waals surface area contributed by atoms with Gasteiger partial charge in [-0.15, -0.1) is 5.10 Å². The van der Waals surface area contributed by atoms with Gasteiger partial charge >= 0.3 is 0 Å². The van der Waals surface area contributed by atoms with E-state index < -0.39 is 0 Å². The minimum atomic E-state index is 0.411. The summed E-state index contributed by atoms with van der Waals surface area (Å²) in [6, 6.07) is 0.411. The van der Waals surface area contributed by atoms with Crippen LogP contribution in [0.3, 0.4) is 0 Å². The first-order valence-corrected chi connectivity index (χ1v) is 8.04. The molecule has 1 fully saturated rings. The molecule has 1 saturated carbocycles. The molecule has 2 rings (SSSR count). The summed E-state index contributed by atoms with van der Waals surface area (Å²) < 4.78 is 4.04. The predicted molar refractivity (Wildman–Crippen MR) is 76.6 cm³/mol. The Balaban J connectivity index is 2.07. The highest BCUT2D eigenvalue weighted by molar-refractivity contribution is 7.03. The normalized spacial score (nSPS) is 30.3. The Kier molecular flexibility index (Phi) is 5.13. The third-order valence-electron chi connectivity index (χ3n) is 4.00. The van der Waals surface area contributed by atoms with Gasteiger partial charge in [0.05, 0.1) is 11.7 Å². The van der Waals surface area contributed by atoms with Crippen LogP contribution < -0.4 is 5.32 Å². The van der Waals surface area contributed by atoms with Gasteiger partial charge < -0.3 is 5.32 Å². The Labute approximate surface area is 115 Å². The Hall–Kier alpha value is -0.480. The summed E-state index contributed by atoms with van der Waals surface area (Å²) in [7, 11) is 0. The van der Waals surface area contributed by atoms with E-state index in [0.717, 1.165) is 30.0 Å². The first-order valence-electron chi connectivity index (χ1n) is 7.21. The van der Waals surface area contributed by atoms with Gasteiger partial charge in [-0.05, 0) is 61.5 Å². The van der Waals surface area contributed by atoms with E-state index in [1.807, 2.05) is 0 Å². The number of hydrogen-bond donors (Lipinski definition) is 1. The molecule has 0 aliphatic heterocycles. The van der Waals surface area contributed by atoms with Gasteiger partial charge in [0.2, 0.25) is 0 Å². The third kappa shape index (κ3) is 3.51. The predicted octanol–water partition coefficient (Wildman–Crippen LogP) is 3.65. The Morgan fingerprint density at radius 2 is 2.06 bits per heavy atom. The van der Waals surface area contributed by atoms with Crippen LogP contribution in [-0.4, -0.2) is 16.1 Å². The zero-order valence-electron chi connectivity index (χ0n) is 11.7. The van der Waals surface area contributed by atoms with Crippen molar-refractivity contribution in [3.8, 4) is 0 Å². The average Bonchev–Trinajstić information content (AvgIpc) is 2.82. The molecule has 0 saturated heterocycles. The molecular formula is C14H25N3S. The van der Waals surface area contributed by atoms with Crippen LogP contribution in [0.1, 0.15) is 58.2 Å². The van der Waals surface area contributed by atoms with Crippen molar-refractivity contribution in [2.75, 3.05) is 6.54 Å². The average molecular weight is 267 g/mol. The molecular weight excluding hydrogens is 242 g/mol. The standard InChI is InChI=1S/C14H25N3S/c1-4-5-15-14(13-9-18-17-16-13)12-7-10(2)6-11(3)8-12/h9-12,14-15H,4-8H2,1-3H3. The molecule has 18 heavy (non-hydrogen) atoms. The number of rotatable bonds is 5. The minimum absolute atomic E-state index is 0.411. The molecule has 102 valence electrons. The van der Waals surface area contributed by atoms with Gasteiger partial charge in [0.15, 0.2) is 0 Å². The molecule has 4 heteroatoms. The molecule has 3 unspecified atom stereocenters. The van der Waals surface area contributed by atoms with Gasteiger partial charge in [-0.2, -0.15) is 0 Å². The van der Waals surface area contributed by atoms with Crippen molar-refractivity contribution in [2.45, 2.75) is 52.5 Å². The SMILES string of the molecule is CCCNC(c1csnn1)C1CC(C)CC(C)C1. The van der Waals surface area contributed by atoms with Crippen LogP contribution in [-0.2, 0) is 0 Å². The molecule has 0 bridgehead atoms. The molecule has 3 nitrogen and oxygen atoms in total. The largest absolute Gasteiger partial charge is 0.308 e. The minimum Gasteiger partial charge on any atom is -0.308 e. The Morgan fingerprint density at radius 1 is 1.33 bits per heavy atom. The molecule has 1 N–H and O–H groups in total. The van der Waals surface area contributed by atoms with E-state index in [0.29, 0.717) is 6.04 Å². The fourth-order valence-corrected chi connectivity index (χ4v) is 3.89. The van der Waals surface area contributed by atoms with E-state index in [1.54, 1.807) is 0 Å². The lowest BCUT2D eigenvalue weighted by atomic mass is 9.73. The monoisotopic (exact) mass is 267 g/mol. The van der Waals surface area contributed by atoms with Crippen molar-refractivity contribution >= 4 is 11.5 Å². The summed E-state index contributed by atoms with van der Waals surface area (Å²) in [6.45, 7) is 8.06. The van der Waals surface area contributed by atoms with Crippen LogP contribution in [0.15, 0.2) is 5.38 Å². The van der Waals surface area contributed by atoms with Crippen LogP contribution >= 0.6 is 11.5 Å². The highest BCUT2D eigenvalue weighted by atomic mass is 32.1. The summed E-state index contributed by atoms with van der Waals surface area (Å²) >= 11 is 1.47. The van der Waals surface area contributed by atoms with Gasteiger partial charge in [-0.3, -0.25) is 0 Å². The maximum absolute atomic E-state index is 4.30. The van der Waals surface area contributed by atoms with Gasteiger partial charge in [-0.25, -0.2) is 0 Å².